The van der Waals surface area contributed by atoms with E-state index in [0.717, 1.165) is 14.0 Å². The molecule has 0 aromatic heterocycles. The van der Waals surface area contributed by atoms with Crippen molar-refractivity contribution < 1.29 is 29.2 Å². The Morgan fingerprint density at radius 3 is 2.11 bits per heavy atom. The van der Waals surface area contributed by atoms with Crippen LogP contribution in [-0.2, 0) is 19.2 Å². The summed E-state index contributed by atoms with van der Waals surface area (Å²) in [6.07, 6.45) is 0. The normalized spacial score (nSPS) is 18.5. The number of imide groups is 2. The lowest BCUT2D eigenvalue weighted by atomic mass is 9.89. The van der Waals surface area contributed by atoms with Crippen LogP contribution in [0.15, 0.2) is 5.16 Å². The number of carbonyl (C=O) groups is 4. The van der Waals surface area contributed by atoms with Gasteiger partial charge in [-0.2, -0.15) is 5.06 Å². The van der Waals surface area contributed by atoms with Gasteiger partial charge in [0.25, 0.3) is 17.4 Å². The fourth-order valence-corrected chi connectivity index (χ4v) is 1.63. The van der Waals surface area contributed by atoms with E-state index in [1.807, 2.05) is 0 Å². The number of nitrogens with one attached hydrogen (secondary N) is 2. The first-order valence-corrected chi connectivity index (χ1v) is 5.03. The third kappa shape index (κ3) is 2.12. The molecule has 0 atom stereocenters. The Morgan fingerprint density at radius 2 is 1.74 bits per heavy atom. The van der Waals surface area contributed by atoms with E-state index in [9.17, 15) is 24.4 Å². The average Bonchev–Trinajstić information content (AvgIpc) is 2.28. The molecule has 5 amide bonds. The summed E-state index contributed by atoms with van der Waals surface area (Å²) in [5.41, 5.74) is -2.81. The Hall–Kier alpha value is -2.49. The zero-order chi connectivity index (χ0) is 14.8. The van der Waals surface area contributed by atoms with Crippen LogP contribution in [0.3, 0.4) is 0 Å². The van der Waals surface area contributed by atoms with Crippen molar-refractivity contribution >= 4 is 29.5 Å². The molecule has 19 heavy (non-hydrogen) atoms. The van der Waals surface area contributed by atoms with Gasteiger partial charge in [-0.15, -0.1) is 0 Å². The number of barbiturate groups is 1. The number of carbonyl (C=O) groups excluding carboxylic acids is 4. The summed E-state index contributed by atoms with van der Waals surface area (Å²) in [5, 5.41) is 16.6. The van der Waals surface area contributed by atoms with Crippen molar-refractivity contribution in [2.24, 2.45) is 5.16 Å². The highest BCUT2D eigenvalue weighted by Crippen LogP contribution is 2.20. The van der Waals surface area contributed by atoms with E-state index in [2.05, 4.69) is 9.99 Å². The van der Waals surface area contributed by atoms with Gasteiger partial charge >= 0.3 is 6.03 Å². The maximum atomic E-state index is 11.9. The van der Waals surface area contributed by atoms with Crippen LogP contribution in [0, 0.1) is 0 Å². The lowest BCUT2D eigenvalue weighted by molar-refractivity contribution is -0.189. The largest absolute Gasteiger partial charge is 0.399 e. The molecule has 10 nitrogen and oxygen atoms in total. The molecular weight excluding hydrogens is 260 g/mol. The van der Waals surface area contributed by atoms with Gasteiger partial charge in [0, 0.05) is 6.92 Å². The van der Waals surface area contributed by atoms with Crippen LogP contribution in [0.4, 0.5) is 4.79 Å². The maximum Gasteiger partial charge on any atom is 0.328 e. The highest BCUT2D eigenvalue weighted by Gasteiger charge is 2.59. The first-order chi connectivity index (χ1) is 8.78. The number of hydrogen-bond donors (Lipinski definition) is 3. The van der Waals surface area contributed by atoms with Gasteiger partial charge in [0.05, 0.1) is 0 Å². The van der Waals surface area contributed by atoms with Gasteiger partial charge in [0.1, 0.15) is 12.8 Å². The van der Waals surface area contributed by atoms with Crippen LogP contribution >= 0.6 is 0 Å². The van der Waals surface area contributed by atoms with Crippen molar-refractivity contribution in [3.63, 3.8) is 0 Å². The zero-order valence-electron chi connectivity index (χ0n) is 10.4. The molecule has 1 rings (SSSR count). The van der Waals surface area contributed by atoms with E-state index in [4.69, 9.17) is 0 Å². The number of hydroxylamine groups is 2. The van der Waals surface area contributed by atoms with Crippen molar-refractivity contribution in [3.8, 4) is 0 Å². The Labute approximate surface area is 107 Å². The van der Waals surface area contributed by atoms with E-state index in [0.29, 0.717) is 0 Å². The molecule has 0 saturated carbocycles. The molecule has 1 aliphatic rings. The van der Waals surface area contributed by atoms with Crippen LogP contribution in [0.5, 0.6) is 0 Å². The smallest absolute Gasteiger partial charge is 0.328 e. The van der Waals surface area contributed by atoms with E-state index in [1.165, 1.54) is 6.92 Å². The van der Waals surface area contributed by atoms with Gasteiger partial charge in [-0.05, 0) is 6.92 Å². The summed E-state index contributed by atoms with van der Waals surface area (Å²) in [6.45, 7) is 2.11. The van der Waals surface area contributed by atoms with Crippen molar-refractivity contribution in [2.45, 2.75) is 19.4 Å². The summed E-state index contributed by atoms with van der Waals surface area (Å²) in [5.74, 6) is -3.42. The summed E-state index contributed by atoms with van der Waals surface area (Å²) < 4.78 is 0. The van der Waals surface area contributed by atoms with Gasteiger partial charge in [0.2, 0.25) is 5.91 Å². The highest BCUT2D eigenvalue weighted by atomic mass is 16.6. The topological polar surface area (TPSA) is 137 Å². The molecule has 10 heteroatoms. The molecule has 104 valence electrons. The number of urea groups is 1. The molecule has 1 aliphatic heterocycles. The van der Waals surface area contributed by atoms with Gasteiger partial charge < -0.3 is 4.84 Å². The molecule has 1 heterocycles. The van der Waals surface area contributed by atoms with Crippen molar-refractivity contribution in [3.05, 3.63) is 0 Å². The molecule has 0 aromatic carbocycles. The molecule has 0 unspecified atom stereocenters. The van der Waals surface area contributed by atoms with Gasteiger partial charge in [-0.25, -0.2) is 4.79 Å². The summed E-state index contributed by atoms with van der Waals surface area (Å²) in [7, 11) is 1.15. The maximum absolute atomic E-state index is 11.9. The third-order valence-corrected chi connectivity index (χ3v) is 2.48. The standard InChI is InChI=1S/C9H12N4O6/c1-4(12-19-3)9(13(18)5(2)14)6(15)10-8(17)11-7(9)16/h18H,1-3H3,(H2,10,11,15,16,17)/b12-4+. The van der Waals surface area contributed by atoms with E-state index < -0.39 is 29.3 Å². The zero-order valence-corrected chi connectivity index (χ0v) is 10.4. The fraction of sp³-hybridized carbons (Fsp3) is 0.444. The summed E-state index contributed by atoms with van der Waals surface area (Å²) >= 11 is 0. The molecular formula is C9H12N4O6. The van der Waals surface area contributed by atoms with Crippen molar-refractivity contribution in [2.75, 3.05) is 7.11 Å². The molecule has 0 radical (unpaired) electrons. The van der Waals surface area contributed by atoms with Gasteiger partial charge in [0.15, 0.2) is 0 Å². The lowest BCUT2D eigenvalue weighted by Gasteiger charge is -2.37. The number of oxime groups is 1. The molecule has 0 spiro atoms. The van der Waals surface area contributed by atoms with Gasteiger partial charge in [-0.3, -0.25) is 30.2 Å². The Bertz CT molecular complexity index is 465. The highest BCUT2D eigenvalue weighted by molar-refractivity contribution is 6.36. The summed E-state index contributed by atoms with van der Waals surface area (Å²) in [6, 6.07) is -1.06. The van der Waals surface area contributed by atoms with Crippen molar-refractivity contribution in [1.29, 1.82) is 0 Å². The molecule has 0 bridgehead atoms. The number of hydrogen-bond acceptors (Lipinski definition) is 7. The third-order valence-electron chi connectivity index (χ3n) is 2.48. The number of amides is 5. The van der Waals surface area contributed by atoms with Crippen LogP contribution < -0.4 is 10.6 Å². The molecule has 3 N–H and O–H groups in total. The lowest BCUT2D eigenvalue weighted by Crippen LogP contribution is -2.76. The van der Waals surface area contributed by atoms with Crippen LogP contribution in [-0.4, -0.2) is 52.4 Å². The minimum absolute atomic E-state index is 0.109. The number of nitrogens with zero attached hydrogens (tertiary/aromatic N) is 2. The van der Waals surface area contributed by atoms with E-state index in [-0.39, 0.29) is 10.8 Å². The van der Waals surface area contributed by atoms with Crippen molar-refractivity contribution in [1.82, 2.24) is 15.7 Å². The van der Waals surface area contributed by atoms with Crippen LogP contribution in [0.25, 0.3) is 0 Å². The second kappa shape index (κ2) is 5.02. The van der Waals surface area contributed by atoms with Crippen LogP contribution in [0.1, 0.15) is 13.8 Å². The molecule has 1 saturated heterocycles. The first-order valence-electron chi connectivity index (χ1n) is 5.03. The fourth-order valence-electron chi connectivity index (χ4n) is 1.63. The minimum Gasteiger partial charge on any atom is -0.399 e. The Kier molecular flexibility index (Phi) is 3.85. The average molecular weight is 272 g/mol. The molecule has 0 aromatic rings. The first kappa shape index (κ1) is 14.6. The predicted molar refractivity (Wildman–Crippen MR) is 58.8 cm³/mol. The van der Waals surface area contributed by atoms with Crippen LogP contribution in [0.2, 0.25) is 0 Å². The van der Waals surface area contributed by atoms with E-state index in [1.54, 1.807) is 10.6 Å². The molecule has 1 fully saturated rings. The monoisotopic (exact) mass is 272 g/mol. The summed E-state index contributed by atoms with van der Waals surface area (Å²) in [4.78, 5) is 50.6. The number of rotatable bonds is 3. The van der Waals surface area contributed by atoms with E-state index >= 15 is 0 Å². The second-order valence-corrected chi connectivity index (χ2v) is 3.64. The predicted octanol–water partition coefficient (Wildman–Crippen LogP) is -1.65. The SMILES string of the molecule is CO/N=C(\C)C1(N(O)C(C)=O)C(=O)NC(=O)NC1=O. The van der Waals surface area contributed by atoms with Gasteiger partial charge in [-0.1, -0.05) is 5.16 Å². The molecule has 0 aliphatic carbocycles. The Balaban J connectivity index is 3.46. The minimum atomic E-state index is -2.49. The quantitative estimate of drug-likeness (QED) is 0.243. The Morgan fingerprint density at radius 1 is 1.26 bits per heavy atom. The second-order valence-electron chi connectivity index (χ2n) is 3.64.